The van der Waals surface area contributed by atoms with Gasteiger partial charge in [0.2, 0.25) is 0 Å². The van der Waals surface area contributed by atoms with Crippen LogP contribution >= 0.6 is 0 Å². The van der Waals surface area contributed by atoms with Gasteiger partial charge in [0.1, 0.15) is 0 Å². The Morgan fingerprint density at radius 1 is 1.24 bits per heavy atom. The topological polar surface area (TPSA) is 38.3 Å². The highest BCUT2D eigenvalue weighted by molar-refractivity contribution is 5.77. The molecular formula is C14H27NO2. The molecule has 1 unspecified atom stereocenters. The van der Waals surface area contributed by atoms with E-state index in [9.17, 15) is 4.79 Å². The van der Waals surface area contributed by atoms with Crippen LogP contribution in [-0.2, 0) is 9.53 Å². The summed E-state index contributed by atoms with van der Waals surface area (Å²) in [5.74, 6) is 0.0143. The minimum Gasteiger partial charge on any atom is -0.465 e. The number of hydrogen-bond acceptors (Lipinski definition) is 3. The number of ether oxygens (including phenoxy) is 1. The Morgan fingerprint density at radius 3 is 2.59 bits per heavy atom. The molecule has 1 heterocycles. The van der Waals surface area contributed by atoms with Gasteiger partial charge in [-0.15, -0.1) is 0 Å². The molecule has 17 heavy (non-hydrogen) atoms. The smallest absolute Gasteiger partial charge is 0.313 e. The maximum Gasteiger partial charge on any atom is 0.313 e. The fourth-order valence-electron chi connectivity index (χ4n) is 2.39. The second-order valence-corrected chi connectivity index (χ2v) is 5.11. The molecule has 1 fully saturated rings. The number of unbranched alkanes of at least 4 members (excludes halogenated alkanes) is 4. The van der Waals surface area contributed by atoms with Gasteiger partial charge in [0.25, 0.3) is 0 Å². The summed E-state index contributed by atoms with van der Waals surface area (Å²) < 4.78 is 5.42. The van der Waals surface area contributed by atoms with E-state index in [1.165, 1.54) is 25.7 Å². The van der Waals surface area contributed by atoms with Crippen LogP contribution in [0.1, 0.15) is 58.8 Å². The summed E-state index contributed by atoms with van der Waals surface area (Å²) >= 11 is 0. The number of nitrogens with one attached hydrogen (secondary N) is 1. The lowest BCUT2D eigenvalue weighted by Gasteiger charge is -2.23. The number of carbonyl (C=O) groups is 1. The summed E-state index contributed by atoms with van der Waals surface area (Å²) in [5.41, 5.74) is -0.233. The van der Waals surface area contributed by atoms with Gasteiger partial charge in [-0.1, -0.05) is 39.5 Å². The molecule has 3 nitrogen and oxygen atoms in total. The molecule has 0 aromatic carbocycles. The molecule has 1 rings (SSSR count). The largest absolute Gasteiger partial charge is 0.465 e. The highest BCUT2D eigenvalue weighted by Crippen LogP contribution is 2.30. The Bertz CT molecular complexity index is 222. The summed E-state index contributed by atoms with van der Waals surface area (Å²) in [6.07, 6.45) is 7.81. The molecule has 3 heteroatoms. The number of carbonyl (C=O) groups excluding carboxylic acids is 1. The summed E-state index contributed by atoms with van der Waals surface area (Å²) in [4.78, 5) is 12.0. The maximum absolute atomic E-state index is 12.0. The first-order valence-electron chi connectivity index (χ1n) is 7.13. The Balaban J connectivity index is 2.15. The van der Waals surface area contributed by atoms with E-state index in [2.05, 4.69) is 19.2 Å². The zero-order chi connectivity index (χ0) is 12.6. The van der Waals surface area contributed by atoms with Gasteiger partial charge in [0.05, 0.1) is 12.0 Å². The first kappa shape index (κ1) is 14.5. The molecule has 0 bridgehead atoms. The van der Waals surface area contributed by atoms with Crippen LogP contribution in [-0.4, -0.2) is 25.7 Å². The van der Waals surface area contributed by atoms with E-state index < -0.39 is 0 Å². The third-order valence-corrected chi connectivity index (χ3v) is 3.83. The van der Waals surface area contributed by atoms with Crippen molar-refractivity contribution in [3.05, 3.63) is 0 Å². The fraction of sp³-hybridized carbons (Fsp3) is 0.929. The second-order valence-electron chi connectivity index (χ2n) is 5.11. The summed E-state index contributed by atoms with van der Waals surface area (Å²) in [5, 5.41) is 3.26. The third kappa shape index (κ3) is 4.30. The fourth-order valence-corrected chi connectivity index (χ4v) is 2.39. The van der Waals surface area contributed by atoms with Crippen molar-refractivity contribution in [2.75, 3.05) is 19.7 Å². The highest BCUT2D eigenvalue weighted by atomic mass is 16.5. The third-order valence-electron chi connectivity index (χ3n) is 3.83. The number of esters is 1. The van der Waals surface area contributed by atoms with E-state index in [0.29, 0.717) is 6.61 Å². The van der Waals surface area contributed by atoms with Gasteiger partial charge >= 0.3 is 5.97 Å². The molecule has 0 aliphatic carbocycles. The van der Waals surface area contributed by atoms with Crippen LogP contribution in [0, 0.1) is 5.41 Å². The lowest BCUT2D eigenvalue weighted by atomic mass is 9.84. The summed E-state index contributed by atoms with van der Waals surface area (Å²) in [6, 6.07) is 0. The summed E-state index contributed by atoms with van der Waals surface area (Å²) in [6.45, 7) is 6.62. The molecule has 1 atom stereocenters. The molecule has 1 aliphatic rings. The maximum atomic E-state index is 12.0. The minimum atomic E-state index is -0.233. The average molecular weight is 241 g/mol. The standard InChI is InChI=1S/C14H27NO2/c1-3-5-6-7-8-11-17-13(16)14(4-2)9-10-15-12-14/h15H,3-12H2,1-2H3. The van der Waals surface area contributed by atoms with Crippen molar-refractivity contribution in [2.24, 2.45) is 5.41 Å². The predicted molar refractivity (Wildman–Crippen MR) is 69.9 cm³/mol. The van der Waals surface area contributed by atoms with E-state index in [1.807, 2.05) is 0 Å². The van der Waals surface area contributed by atoms with E-state index in [0.717, 1.165) is 32.4 Å². The SMILES string of the molecule is CCCCCCCOC(=O)C1(CC)CCNC1. The van der Waals surface area contributed by atoms with Gasteiger partial charge in [-0.3, -0.25) is 4.79 Å². The second kappa shape index (κ2) is 7.70. The van der Waals surface area contributed by atoms with Crippen molar-refractivity contribution in [2.45, 2.75) is 58.8 Å². The molecule has 0 spiro atoms. The van der Waals surface area contributed by atoms with E-state index >= 15 is 0 Å². The van der Waals surface area contributed by atoms with Gasteiger partial charge in [-0.25, -0.2) is 0 Å². The molecule has 0 amide bonds. The molecule has 100 valence electrons. The van der Waals surface area contributed by atoms with E-state index in [4.69, 9.17) is 4.74 Å². The van der Waals surface area contributed by atoms with Gasteiger partial charge < -0.3 is 10.1 Å². The monoisotopic (exact) mass is 241 g/mol. The molecule has 1 N–H and O–H groups in total. The van der Waals surface area contributed by atoms with Gasteiger partial charge in [0, 0.05) is 6.54 Å². The molecular weight excluding hydrogens is 214 g/mol. The predicted octanol–water partition coefficient (Wildman–Crippen LogP) is 2.89. The summed E-state index contributed by atoms with van der Waals surface area (Å²) in [7, 11) is 0. The minimum absolute atomic E-state index is 0.0143. The first-order valence-corrected chi connectivity index (χ1v) is 7.13. The van der Waals surface area contributed by atoms with Gasteiger partial charge in [-0.2, -0.15) is 0 Å². The molecule has 0 radical (unpaired) electrons. The molecule has 0 saturated carbocycles. The van der Waals surface area contributed by atoms with Crippen molar-refractivity contribution in [1.29, 1.82) is 0 Å². The zero-order valence-corrected chi connectivity index (χ0v) is 11.4. The van der Waals surface area contributed by atoms with Crippen molar-refractivity contribution in [1.82, 2.24) is 5.32 Å². The average Bonchev–Trinajstić information content (AvgIpc) is 2.83. The Hall–Kier alpha value is -0.570. The first-order chi connectivity index (χ1) is 8.25. The molecule has 1 saturated heterocycles. The van der Waals surface area contributed by atoms with Crippen molar-refractivity contribution < 1.29 is 9.53 Å². The van der Waals surface area contributed by atoms with Gasteiger partial charge in [0.15, 0.2) is 0 Å². The Morgan fingerprint density at radius 2 is 2.00 bits per heavy atom. The van der Waals surface area contributed by atoms with E-state index in [1.54, 1.807) is 0 Å². The van der Waals surface area contributed by atoms with Crippen LogP contribution in [0.25, 0.3) is 0 Å². The zero-order valence-electron chi connectivity index (χ0n) is 11.4. The van der Waals surface area contributed by atoms with Crippen LogP contribution in [0.2, 0.25) is 0 Å². The van der Waals surface area contributed by atoms with Crippen LogP contribution < -0.4 is 5.32 Å². The Kier molecular flexibility index (Phi) is 6.56. The number of hydrogen-bond donors (Lipinski definition) is 1. The lowest BCUT2D eigenvalue weighted by molar-refractivity contribution is -0.155. The van der Waals surface area contributed by atoms with Crippen LogP contribution in [0.5, 0.6) is 0 Å². The van der Waals surface area contributed by atoms with Crippen molar-refractivity contribution in [3.63, 3.8) is 0 Å². The molecule has 0 aromatic rings. The Labute approximate surface area is 105 Å². The molecule has 0 aromatic heterocycles. The van der Waals surface area contributed by atoms with Crippen LogP contribution in [0.3, 0.4) is 0 Å². The number of rotatable bonds is 8. The normalized spacial score (nSPS) is 23.9. The van der Waals surface area contributed by atoms with Crippen molar-refractivity contribution >= 4 is 5.97 Å². The highest BCUT2D eigenvalue weighted by Gasteiger charge is 2.40. The van der Waals surface area contributed by atoms with Gasteiger partial charge in [-0.05, 0) is 25.8 Å². The van der Waals surface area contributed by atoms with Crippen LogP contribution in [0.15, 0.2) is 0 Å². The van der Waals surface area contributed by atoms with Crippen molar-refractivity contribution in [3.8, 4) is 0 Å². The quantitative estimate of drug-likeness (QED) is 0.524. The van der Waals surface area contributed by atoms with E-state index in [-0.39, 0.29) is 11.4 Å². The lowest BCUT2D eigenvalue weighted by Crippen LogP contribution is -2.34. The molecule has 1 aliphatic heterocycles. The van der Waals surface area contributed by atoms with Crippen LogP contribution in [0.4, 0.5) is 0 Å².